The molecule has 0 aliphatic heterocycles. The van der Waals surface area contributed by atoms with Gasteiger partial charge in [-0.3, -0.25) is 4.79 Å². The summed E-state index contributed by atoms with van der Waals surface area (Å²) in [7, 11) is 0. The van der Waals surface area contributed by atoms with Crippen molar-refractivity contribution in [3.8, 4) is 0 Å². The van der Waals surface area contributed by atoms with Gasteiger partial charge in [0.1, 0.15) is 16.2 Å². The molecule has 0 unspecified atom stereocenters. The maximum atomic E-state index is 12.3. The van der Waals surface area contributed by atoms with Gasteiger partial charge in [-0.25, -0.2) is 4.68 Å². The molecule has 0 atom stereocenters. The van der Waals surface area contributed by atoms with Crippen LogP contribution in [0.3, 0.4) is 0 Å². The first kappa shape index (κ1) is 12.7. The van der Waals surface area contributed by atoms with Gasteiger partial charge in [0.05, 0.1) is 11.9 Å². The van der Waals surface area contributed by atoms with Crippen LogP contribution in [0.2, 0.25) is 0 Å². The van der Waals surface area contributed by atoms with Gasteiger partial charge in [0.15, 0.2) is 0 Å². The Balaban J connectivity index is 2.01. The average Bonchev–Trinajstić information content (AvgIpc) is 2.90. The van der Waals surface area contributed by atoms with E-state index in [0.717, 1.165) is 11.5 Å². The van der Waals surface area contributed by atoms with E-state index in [-0.39, 0.29) is 12.1 Å². The fourth-order valence-corrected chi connectivity index (χ4v) is 2.52. The molecule has 7 nitrogen and oxygen atoms in total. The van der Waals surface area contributed by atoms with E-state index >= 15 is 0 Å². The molecule has 0 saturated heterocycles. The Kier molecular flexibility index (Phi) is 3.38. The molecule has 8 heteroatoms. The topological polar surface area (TPSA) is 85.6 Å². The van der Waals surface area contributed by atoms with E-state index < -0.39 is 0 Å². The Morgan fingerprint density at radius 2 is 2.15 bits per heavy atom. The SMILES string of the molecule is CCNc1snnc1Cn1nnc2ccccc2c1=O. The predicted molar refractivity (Wildman–Crippen MR) is 77.0 cm³/mol. The van der Waals surface area contributed by atoms with Crippen LogP contribution in [-0.2, 0) is 6.54 Å². The van der Waals surface area contributed by atoms with Crippen LogP contribution in [0.1, 0.15) is 12.6 Å². The molecule has 2 aromatic heterocycles. The second kappa shape index (κ2) is 5.33. The lowest BCUT2D eigenvalue weighted by molar-refractivity contribution is 0.591. The quantitative estimate of drug-likeness (QED) is 0.774. The first-order valence-corrected chi connectivity index (χ1v) is 6.94. The van der Waals surface area contributed by atoms with Gasteiger partial charge >= 0.3 is 0 Å². The summed E-state index contributed by atoms with van der Waals surface area (Å²) in [6.07, 6.45) is 0. The predicted octanol–water partition coefficient (Wildman–Crippen LogP) is 1.12. The van der Waals surface area contributed by atoms with Gasteiger partial charge in [-0.05, 0) is 19.1 Å². The van der Waals surface area contributed by atoms with E-state index in [4.69, 9.17) is 0 Å². The number of hydrogen-bond acceptors (Lipinski definition) is 7. The lowest BCUT2D eigenvalue weighted by atomic mass is 10.2. The van der Waals surface area contributed by atoms with Crippen LogP contribution in [0.15, 0.2) is 29.1 Å². The third-order valence-corrected chi connectivity index (χ3v) is 3.55. The summed E-state index contributed by atoms with van der Waals surface area (Å²) in [6.45, 7) is 3.02. The first-order chi connectivity index (χ1) is 9.79. The van der Waals surface area contributed by atoms with Crippen molar-refractivity contribution in [2.45, 2.75) is 13.5 Å². The Morgan fingerprint density at radius 1 is 1.30 bits per heavy atom. The molecular weight excluding hydrogens is 276 g/mol. The molecule has 0 radical (unpaired) electrons. The van der Waals surface area contributed by atoms with Gasteiger partial charge in [-0.2, -0.15) is 0 Å². The van der Waals surface area contributed by atoms with Gasteiger partial charge in [0.2, 0.25) is 0 Å². The van der Waals surface area contributed by atoms with Crippen molar-refractivity contribution in [3.05, 3.63) is 40.3 Å². The molecule has 0 aliphatic carbocycles. The molecule has 0 bridgehead atoms. The van der Waals surface area contributed by atoms with Crippen LogP contribution in [0.5, 0.6) is 0 Å². The van der Waals surface area contributed by atoms with Gasteiger partial charge in [0, 0.05) is 18.1 Å². The molecule has 0 saturated carbocycles. The maximum Gasteiger partial charge on any atom is 0.277 e. The molecule has 2 heterocycles. The van der Waals surface area contributed by atoms with Gasteiger partial charge in [-0.15, -0.1) is 10.2 Å². The average molecular weight is 288 g/mol. The fraction of sp³-hybridized carbons (Fsp3) is 0.250. The summed E-state index contributed by atoms with van der Waals surface area (Å²) in [6, 6.07) is 7.15. The van der Waals surface area contributed by atoms with E-state index in [9.17, 15) is 4.79 Å². The fourth-order valence-electron chi connectivity index (χ4n) is 1.88. The maximum absolute atomic E-state index is 12.3. The van der Waals surface area contributed by atoms with Crippen molar-refractivity contribution < 1.29 is 0 Å². The van der Waals surface area contributed by atoms with Crippen LogP contribution in [0.25, 0.3) is 10.9 Å². The van der Waals surface area contributed by atoms with E-state index in [1.54, 1.807) is 12.1 Å². The van der Waals surface area contributed by atoms with Gasteiger partial charge < -0.3 is 5.32 Å². The summed E-state index contributed by atoms with van der Waals surface area (Å²) in [5.41, 5.74) is 1.12. The smallest absolute Gasteiger partial charge is 0.277 e. The van der Waals surface area contributed by atoms with E-state index in [1.807, 2.05) is 19.1 Å². The highest BCUT2D eigenvalue weighted by Crippen LogP contribution is 2.17. The molecule has 102 valence electrons. The molecule has 0 fully saturated rings. The number of aromatic nitrogens is 5. The number of anilines is 1. The normalized spacial score (nSPS) is 10.8. The van der Waals surface area contributed by atoms with Crippen molar-refractivity contribution in [1.29, 1.82) is 0 Å². The van der Waals surface area contributed by atoms with E-state index in [0.29, 0.717) is 16.6 Å². The lowest BCUT2D eigenvalue weighted by Gasteiger charge is -2.04. The second-order valence-electron chi connectivity index (χ2n) is 4.15. The molecule has 3 rings (SSSR count). The molecule has 1 aromatic carbocycles. The minimum atomic E-state index is -0.175. The molecule has 0 amide bonds. The molecule has 0 aliphatic rings. The third kappa shape index (κ3) is 2.25. The highest BCUT2D eigenvalue weighted by Gasteiger charge is 2.11. The molecule has 20 heavy (non-hydrogen) atoms. The molecule has 0 spiro atoms. The third-order valence-electron chi connectivity index (χ3n) is 2.82. The lowest BCUT2D eigenvalue weighted by Crippen LogP contribution is -2.25. The van der Waals surface area contributed by atoms with Crippen molar-refractivity contribution in [2.24, 2.45) is 0 Å². The van der Waals surface area contributed by atoms with Crippen LogP contribution < -0.4 is 10.9 Å². The summed E-state index contributed by atoms with van der Waals surface area (Å²) in [5.74, 6) is 0. The van der Waals surface area contributed by atoms with Crippen molar-refractivity contribution in [2.75, 3.05) is 11.9 Å². The van der Waals surface area contributed by atoms with Crippen molar-refractivity contribution >= 4 is 27.4 Å². The highest BCUT2D eigenvalue weighted by atomic mass is 32.1. The first-order valence-electron chi connectivity index (χ1n) is 6.17. The standard InChI is InChI=1S/C12H12N6OS/c1-2-13-11-10(15-17-20-11)7-18-12(19)8-5-3-4-6-9(8)14-16-18/h3-6,13H,2,7H2,1H3. The number of fused-ring (bicyclic) bond motifs is 1. The zero-order chi connectivity index (χ0) is 13.9. The zero-order valence-corrected chi connectivity index (χ0v) is 11.6. The van der Waals surface area contributed by atoms with Gasteiger partial charge in [0.25, 0.3) is 5.56 Å². The van der Waals surface area contributed by atoms with Crippen LogP contribution in [-0.4, -0.2) is 31.1 Å². The number of nitrogens with zero attached hydrogens (tertiary/aromatic N) is 5. The molecule has 3 aromatic rings. The van der Waals surface area contributed by atoms with E-state index in [1.165, 1.54) is 16.2 Å². The number of nitrogens with one attached hydrogen (secondary N) is 1. The Hall–Kier alpha value is -2.35. The number of hydrogen-bond donors (Lipinski definition) is 1. The number of rotatable bonds is 4. The van der Waals surface area contributed by atoms with Crippen molar-refractivity contribution in [3.63, 3.8) is 0 Å². The highest BCUT2D eigenvalue weighted by molar-refractivity contribution is 7.10. The molecular formula is C12H12N6OS. The van der Waals surface area contributed by atoms with E-state index in [2.05, 4.69) is 25.2 Å². The molecule has 1 N–H and O–H groups in total. The minimum absolute atomic E-state index is 0.175. The largest absolute Gasteiger partial charge is 0.374 e. The van der Waals surface area contributed by atoms with Crippen LogP contribution in [0.4, 0.5) is 5.00 Å². The van der Waals surface area contributed by atoms with Crippen molar-refractivity contribution in [1.82, 2.24) is 24.6 Å². The minimum Gasteiger partial charge on any atom is -0.374 e. The van der Waals surface area contributed by atoms with Crippen LogP contribution >= 0.6 is 11.5 Å². The number of benzene rings is 1. The summed E-state index contributed by atoms with van der Waals surface area (Å²) < 4.78 is 5.20. The van der Waals surface area contributed by atoms with Crippen LogP contribution in [0, 0.1) is 0 Å². The Morgan fingerprint density at radius 3 is 3.00 bits per heavy atom. The second-order valence-corrected chi connectivity index (χ2v) is 4.90. The Labute approximate surface area is 118 Å². The summed E-state index contributed by atoms with van der Waals surface area (Å²) in [5, 5.41) is 16.6. The monoisotopic (exact) mass is 288 g/mol. The summed E-state index contributed by atoms with van der Waals surface area (Å²) >= 11 is 1.27. The zero-order valence-electron chi connectivity index (χ0n) is 10.8. The Bertz CT molecular complexity index is 796. The van der Waals surface area contributed by atoms with Gasteiger partial charge in [-0.1, -0.05) is 21.8 Å². The summed E-state index contributed by atoms with van der Waals surface area (Å²) in [4.78, 5) is 12.3.